The summed E-state index contributed by atoms with van der Waals surface area (Å²) in [6.45, 7) is 15.7. The van der Waals surface area contributed by atoms with Gasteiger partial charge in [0.2, 0.25) is 0 Å². The fourth-order valence-electron chi connectivity index (χ4n) is 2.78. The summed E-state index contributed by atoms with van der Waals surface area (Å²) in [5.41, 5.74) is 8.87. The molecule has 1 fully saturated rings. The number of ether oxygens (including phenoxy) is 2. The maximum absolute atomic E-state index is 11.3. The summed E-state index contributed by atoms with van der Waals surface area (Å²) in [6, 6.07) is -0.986. The Labute approximate surface area is 150 Å². The molecule has 0 amide bonds. The molecular weight excluding hydrogens is 342 g/mol. The second kappa shape index (κ2) is 8.05. The van der Waals surface area contributed by atoms with Crippen LogP contribution in [0.3, 0.4) is 0 Å². The van der Waals surface area contributed by atoms with Crippen LogP contribution in [-0.2, 0) is 18.7 Å². The average molecular weight is 374 g/mol. The first-order valence-corrected chi connectivity index (χ1v) is 11.5. The van der Waals surface area contributed by atoms with Crippen LogP contribution in [0.1, 0.15) is 41.5 Å². The molecule has 1 rings (SSSR count). The Hall–Kier alpha value is -1.12. The summed E-state index contributed by atoms with van der Waals surface area (Å²) in [7, 11) is -2.29. The van der Waals surface area contributed by atoms with Gasteiger partial charge in [-0.05, 0) is 36.5 Å². The molecule has 0 spiro atoms. The van der Waals surface area contributed by atoms with E-state index in [2.05, 4.69) is 50.8 Å². The lowest BCUT2D eigenvalue weighted by atomic mass is 9.98. The molecule has 0 radical (unpaired) electrons. The minimum Gasteiger partial charge on any atom is -0.457 e. The summed E-state index contributed by atoms with van der Waals surface area (Å²) < 4.78 is 17.3. The molecule has 1 aliphatic rings. The van der Waals surface area contributed by atoms with E-state index in [1.807, 2.05) is 0 Å². The van der Waals surface area contributed by atoms with Crippen molar-refractivity contribution in [1.82, 2.24) is 0 Å². The first-order chi connectivity index (χ1) is 11.3. The zero-order valence-corrected chi connectivity index (χ0v) is 17.4. The first kappa shape index (κ1) is 21.9. The van der Waals surface area contributed by atoms with Crippen LogP contribution >= 0.6 is 0 Å². The molecule has 0 aromatic heterocycles. The van der Waals surface area contributed by atoms with E-state index in [1.54, 1.807) is 6.92 Å². The Morgan fingerprint density at radius 2 is 1.96 bits per heavy atom. The van der Waals surface area contributed by atoms with Gasteiger partial charge in [-0.25, -0.2) is 0 Å². The van der Waals surface area contributed by atoms with Crippen LogP contribution in [0, 0.1) is 5.92 Å². The van der Waals surface area contributed by atoms with Crippen molar-refractivity contribution >= 4 is 14.3 Å². The Kier molecular flexibility index (Phi) is 7.06. The second-order valence-electron chi connectivity index (χ2n) is 7.97. The molecule has 0 aromatic carbocycles. The molecule has 0 unspecified atom stereocenters. The van der Waals surface area contributed by atoms with Gasteiger partial charge in [0.05, 0.1) is 6.10 Å². The van der Waals surface area contributed by atoms with Crippen LogP contribution < -0.4 is 0 Å². The van der Waals surface area contributed by atoms with E-state index in [4.69, 9.17) is 19.4 Å². The minimum atomic E-state index is -2.29. The number of carbonyl (C=O) groups is 1. The van der Waals surface area contributed by atoms with E-state index in [1.165, 1.54) is 6.92 Å². The van der Waals surface area contributed by atoms with Crippen molar-refractivity contribution in [3.05, 3.63) is 10.4 Å². The quantitative estimate of drug-likeness (QED) is 0.252. The molecule has 8 nitrogen and oxygen atoms in total. The van der Waals surface area contributed by atoms with Gasteiger partial charge in [-0.2, -0.15) is 0 Å². The first-order valence-electron chi connectivity index (χ1n) is 8.58. The topological polar surface area (TPSA) is 114 Å². The van der Waals surface area contributed by atoms with Crippen molar-refractivity contribution < 1.29 is 23.8 Å². The summed E-state index contributed by atoms with van der Waals surface area (Å²) in [6.07, 6.45) is -3.57. The third-order valence-corrected chi connectivity index (χ3v) is 10.2. The Bertz CT molecular complexity index is 534. The number of hydrogen-bond donors (Lipinski definition) is 1. The lowest BCUT2D eigenvalue weighted by molar-refractivity contribution is -0.238. The highest BCUT2D eigenvalue weighted by molar-refractivity contribution is 6.74. The van der Waals surface area contributed by atoms with Crippen molar-refractivity contribution in [2.45, 2.75) is 90.3 Å². The van der Waals surface area contributed by atoms with Gasteiger partial charge >= 0.3 is 5.97 Å². The van der Waals surface area contributed by atoms with Crippen LogP contribution in [0.4, 0.5) is 0 Å². The molecule has 0 aliphatic carbocycles. The van der Waals surface area contributed by atoms with Crippen LogP contribution in [0.5, 0.6) is 0 Å². The van der Waals surface area contributed by atoms with Gasteiger partial charge in [0.15, 0.2) is 20.7 Å². The van der Waals surface area contributed by atoms with E-state index in [9.17, 15) is 9.90 Å². The second-order valence-corrected chi connectivity index (χ2v) is 12.5. The van der Waals surface area contributed by atoms with Gasteiger partial charge in [-0.1, -0.05) is 32.8 Å². The number of esters is 1. The average Bonchev–Trinajstić information content (AvgIpc) is 2.46. The highest BCUT2D eigenvalue weighted by atomic mass is 28.4. The molecule has 0 aromatic rings. The van der Waals surface area contributed by atoms with E-state index >= 15 is 0 Å². The molecule has 0 saturated carbocycles. The van der Waals surface area contributed by atoms with Crippen molar-refractivity contribution in [1.29, 1.82) is 0 Å². The normalized spacial score (nSPS) is 30.7. The zero-order valence-electron chi connectivity index (χ0n) is 16.4. The maximum Gasteiger partial charge on any atom is 0.303 e. The number of aliphatic hydroxyl groups is 1. The smallest absolute Gasteiger partial charge is 0.303 e. The molecule has 5 atom stereocenters. The SMILES string of the molecule is CC(=O)O[C@H]1[C@@H](O)[C@H](N=[N+]=[N-])[C@H](O[Si](C)(C)C(C)(C)C(C)C)O[C@H]1C. The molecule has 9 heteroatoms. The van der Waals surface area contributed by atoms with Crippen LogP contribution in [0.15, 0.2) is 5.11 Å². The number of rotatable bonds is 6. The summed E-state index contributed by atoms with van der Waals surface area (Å²) in [5.74, 6) is -0.152. The van der Waals surface area contributed by atoms with E-state index in [0.29, 0.717) is 5.92 Å². The van der Waals surface area contributed by atoms with Crippen LogP contribution in [0.25, 0.3) is 10.4 Å². The van der Waals surface area contributed by atoms with Crippen molar-refractivity contribution in [3.63, 3.8) is 0 Å². The van der Waals surface area contributed by atoms with Crippen molar-refractivity contribution in [2.24, 2.45) is 11.0 Å². The third kappa shape index (κ3) is 4.74. The van der Waals surface area contributed by atoms with E-state index in [-0.39, 0.29) is 5.04 Å². The Balaban J connectivity index is 3.10. The minimum absolute atomic E-state index is 0.0712. The number of azide groups is 1. The van der Waals surface area contributed by atoms with Gasteiger partial charge in [0, 0.05) is 11.8 Å². The highest BCUT2D eigenvalue weighted by Crippen LogP contribution is 2.46. The van der Waals surface area contributed by atoms with Gasteiger partial charge in [-0.3, -0.25) is 4.79 Å². The monoisotopic (exact) mass is 373 g/mol. The maximum atomic E-state index is 11.3. The lowest BCUT2D eigenvalue weighted by Crippen LogP contribution is -2.61. The van der Waals surface area contributed by atoms with Gasteiger partial charge in [0.25, 0.3) is 0 Å². The predicted molar refractivity (Wildman–Crippen MR) is 96.3 cm³/mol. The standard InChI is InChI=1S/C16H31N3O5Si/c1-9(2)16(5,6)25(7,8)24-15-12(18-19-17)13(21)14(10(3)22-15)23-11(4)20/h9-10,12-15,21H,1-8H3/t10-,12-,13-,14+,15-/m0/s1. The molecule has 25 heavy (non-hydrogen) atoms. The lowest BCUT2D eigenvalue weighted by Gasteiger charge is -2.48. The van der Waals surface area contributed by atoms with Crippen LogP contribution in [0.2, 0.25) is 18.1 Å². The summed E-state index contributed by atoms with van der Waals surface area (Å²) >= 11 is 0. The van der Waals surface area contributed by atoms with Crippen LogP contribution in [-0.4, -0.2) is 50.0 Å². The van der Waals surface area contributed by atoms with E-state index < -0.39 is 44.9 Å². The number of hydrogen-bond acceptors (Lipinski definition) is 6. The summed E-state index contributed by atoms with van der Waals surface area (Å²) in [4.78, 5) is 14.1. The number of carbonyl (C=O) groups excluding carboxylic acids is 1. The molecule has 1 saturated heterocycles. The summed E-state index contributed by atoms with van der Waals surface area (Å²) in [5, 5.41) is 14.2. The zero-order chi connectivity index (χ0) is 19.6. The largest absolute Gasteiger partial charge is 0.457 e. The highest BCUT2D eigenvalue weighted by Gasteiger charge is 2.51. The fourth-order valence-corrected chi connectivity index (χ4v) is 5.25. The molecule has 144 valence electrons. The van der Waals surface area contributed by atoms with E-state index in [0.717, 1.165) is 0 Å². The Morgan fingerprint density at radius 1 is 1.40 bits per heavy atom. The number of nitrogens with zero attached hydrogens (tertiary/aromatic N) is 3. The Morgan fingerprint density at radius 3 is 2.40 bits per heavy atom. The third-order valence-electron chi connectivity index (χ3n) is 5.67. The van der Waals surface area contributed by atoms with Gasteiger partial charge in [-0.15, -0.1) is 0 Å². The molecule has 1 N–H and O–H groups in total. The van der Waals surface area contributed by atoms with Crippen molar-refractivity contribution in [3.8, 4) is 0 Å². The number of aliphatic hydroxyl groups excluding tert-OH is 1. The molecule has 1 heterocycles. The van der Waals surface area contributed by atoms with Gasteiger partial charge < -0.3 is 19.0 Å². The molecule has 1 aliphatic heterocycles. The predicted octanol–water partition coefficient (Wildman–Crippen LogP) is 3.36. The fraction of sp³-hybridized carbons (Fsp3) is 0.938. The van der Waals surface area contributed by atoms with Crippen molar-refractivity contribution in [2.75, 3.05) is 0 Å². The molecule has 0 bridgehead atoms. The van der Waals surface area contributed by atoms with Gasteiger partial charge in [0.1, 0.15) is 12.1 Å². The molecular formula is C16H31N3O5Si.